The maximum atomic E-state index is 13.0. The van der Waals surface area contributed by atoms with Crippen molar-refractivity contribution in [1.82, 2.24) is 0 Å². The van der Waals surface area contributed by atoms with Crippen LogP contribution in [0, 0.1) is 17.1 Å². The van der Waals surface area contributed by atoms with E-state index in [1.54, 1.807) is 12.1 Å². The summed E-state index contributed by atoms with van der Waals surface area (Å²) in [6.45, 7) is 0.697. The van der Waals surface area contributed by atoms with Crippen LogP contribution in [0.2, 0.25) is 0 Å². The second-order valence-corrected chi connectivity index (χ2v) is 3.04. The number of halogens is 1. The van der Waals surface area contributed by atoms with Crippen LogP contribution in [0.4, 0.5) is 10.1 Å². The van der Waals surface area contributed by atoms with E-state index in [4.69, 9.17) is 10.00 Å². The van der Waals surface area contributed by atoms with Crippen LogP contribution < -0.4 is 10.1 Å². The number of ether oxygens (including phenoxy) is 1. The topological polar surface area (TPSA) is 45.0 Å². The predicted molar refractivity (Wildman–Crippen MR) is 56.3 cm³/mol. The van der Waals surface area contributed by atoms with Gasteiger partial charge in [-0.15, -0.1) is 0 Å². The number of hydrogen-bond acceptors (Lipinski definition) is 3. The number of nitriles is 1. The molecule has 0 spiro atoms. The third-order valence-electron chi connectivity index (χ3n) is 1.95. The van der Waals surface area contributed by atoms with E-state index < -0.39 is 0 Å². The van der Waals surface area contributed by atoms with Crippen molar-refractivity contribution in [2.75, 3.05) is 19.0 Å². The van der Waals surface area contributed by atoms with Gasteiger partial charge in [-0.2, -0.15) is 5.26 Å². The highest BCUT2D eigenvalue weighted by Crippen LogP contribution is 2.21. The van der Waals surface area contributed by atoms with Crippen molar-refractivity contribution in [3.63, 3.8) is 0 Å². The Balaban J connectivity index is 2.52. The SMILES string of the molecule is COc1cc(NCCCC#N)ccc1F. The third-order valence-corrected chi connectivity index (χ3v) is 1.95. The van der Waals surface area contributed by atoms with Crippen LogP contribution in [0.3, 0.4) is 0 Å². The van der Waals surface area contributed by atoms with E-state index in [1.807, 2.05) is 0 Å². The van der Waals surface area contributed by atoms with Crippen molar-refractivity contribution in [3.8, 4) is 11.8 Å². The van der Waals surface area contributed by atoms with Crippen LogP contribution in [0.1, 0.15) is 12.8 Å². The number of anilines is 1. The monoisotopic (exact) mass is 208 g/mol. The van der Waals surface area contributed by atoms with Crippen molar-refractivity contribution >= 4 is 5.69 Å². The summed E-state index contributed by atoms with van der Waals surface area (Å²) in [5, 5.41) is 11.4. The first-order valence-corrected chi connectivity index (χ1v) is 4.72. The van der Waals surface area contributed by atoms with Crippen LogP contribution >= 0.6 is 0 Å². The van der Waals surface area contributed by atoms with Crippen LogP contribution in [-0.2, 0) is 0 Å². The minimum atomic E-state index is -0.375. The molecule has 80 valence electrons. The van der Waals surface area contributed by atoms with E-state index in [1.165, 1.54) is 13.2 Å². The maximum absolute atomic E-state index is 13.0. The molecule has 0 atom stereocenters. The molecule has 0 heterocycles. The lowest BCUT2D eigenvalue weighted by atomic mass is 10.2. The highest BCUT2D eigenvalue weighted by atomic mass is 19.1. The Morgan fingerprint density at radius 3 is 3.00 bits per heavy atom. The number of hydrogen-bond donors (Lipinski definition) is 1. The average Bonchev–Trinajstić information content (AvgIpc) is 2.26. The quantitative estimate of drug-likeness (QED) is 0.756. The molecule has 4 heteroatoms. The summed E-state index contributed by atoms with van der Waals surface area (Å²) in [5.74, 6) is -0.152. The van der Waals surface area contributed by atoms with Crippen LogP contribution in [0.15, 0.2) is 18.2 Å². The molecule has 1 aromatic carbocycles. The number of nitrogens with zero attached hydrogens (tertiary/aromatic N) is 1. The van der Waals surface area contributed by atoms with Crippen molar-refractivity contribution < 1.29 is 9.13 Å². The average molecular weight is 208 g/mol. The number of rotatable bonds is 5. The molecule has 0 aliphatic rings. The molecule has 0 unspecified atom stereocenters. The first-order valence-electron chi connectivity index (χ1n) is 4.72. The Hall–Kier alpha value is -1.76. The van der Waals surface area contributed by atoms with Gasteiger partial charge in [-0.1, -0.05) is 0 Å². The second-order valence-electron chi connectivity index (χ2n) is 3.04. The number of methoxy groups -OCH3 is 1. The number of unbranched alkanes of at least 4 members (excludes halogenated alkanes) is 1. The summed E-state index contributed by atoms with van der Waals surface area (Å²) < 4.78 is 17.9. The Morgan fingerprint density at radius 1 is 1.53 bits per heavy atom. The van der Waals surface area contributed by atoms with Gasteiger partial charge >= 0.3 is 0 Å². The molecule has 0 aliphatic heterocycles. The number of benzene rings is 1. The first-order chi connectivity index (χ1) is 7.27. The molecule has 0 bridgehead atoms. The first kappa shape index (κ1) is 11.3. The maximum Gasteiger partial charge on any atom is 0.165 e. The zero-order valence-corrected chi connectivity index (χ0v) is 8.59. The molecule has 3 nitrogen and oxygen atoms in total. The zero-order valence-electron chi connectivity index (χ0n) is 8.59. The van der Waals surface area contributed by atoms with Crippen molar-refractivity contribution in [2.45, 2.75) is 12.8 Å². The van der Waals surface area contributed by atoms with Crippen molar-refractivity contribution in [3.05, 3.63) is 24.0 Å². The van der Waals surface area contributed by atoms with E-state index >= 15 is 0 Å². The highest BCUT2D eigenvalue weighted by molar-refractivity contribution is 5.48. The molecule has 0 aromatic heterocycles. The van der Waals surface area contributed by atoms with Gasteiger partial charge in [0.15, 0.2) is 11.6 Å². The molecule has 1 aromatic rings. The van der Waals surface area contributed by atoms with Gasteiger partial charge in [0, 0.05) is 24.7 Å². The van der Waals surface area contributed by atoms with Crippen molar-refractivity contribution in [1.29, 1.82) is 5.26 Å². The normalized spacial score (nSPS) is 9.40. The molecule has 0 radical (unpaired) electrons. The smallest absolute Gasteiger partial charge is 0.165 e. The number of nitrogens with one attached hydrogen (secondary N) is 1. The highest BCUT2D eigenvalue weighted by Gasteiger charge is 2.02. The molecular weight excluding hydrogens is 195 g/mol. The van der Waals surface area contributed by atoms with Gasteiger partial charge in [-0.25, -0.2) is 4.39 Å². The molecular formula is C11H13FN2O. The van der Waals surface area contributed by atoms with E-state index in [-0.39, 0.29) is 11.6 Å². The fourth-order valence-corrected chi connectivity index (χ4v) is 1.17. The van der Waals surface area contributed by atoms with Gasteiger partial charge < -0.3 is 10.1 Å². The van der Waals surface area contributed by atoms with Gasteiger partial charge in [0.05, 0.1) is 13.2 Å². The summed E-state index contributed by atoms with van der Waals surface area (Å²) >= 11 is 0. The van der Waals surface area contributed by atoms with Gasteiger partial charge in [0.25, 0.3) is 0 Å². The molecule has 0 saturated heterocycles. The van der Waals surface area contributed by atoms with Crippen LogP contribution in [0.25, 0.3) is 0 Å². The molecule has 0 aliphatic carbocycles. The Bertz CT molecular complexity index is 360. The Labute approximate surface area is 88.5 Å². The van der Waals surface area contributed by atoms with Crippen LogP contribution in [-0.4, -0.2) is 13.7 Å². The largest absolute Gasteiger partial charge is 0.494 e. The van der Waals surface area contributed by atoms with Gasteiger partial charge in [0.1, 0.15) is 0 Å². The van der Waals surface area contributed by atoms with Crippen molar-refractivity contribution in [2.24, 2.45) is 0 Å². The third kappa shape index (κ3) is 3.47. The molecule has 15 heavy (non-hydrogen) atoms. The molecule has 1 N–H and O–H groups in total. The summed E-state index contributed by atoms with van der Waals surface area (Å²) in [6, 6.07) is 6.66. The van der Waals surface area contributed by atoms with Gasteiger partial charge in [-0.05, 0) is 18.6 Å². The summed E-state index contributed by atoms with van der Waals surface area (Å²) in [7, 11) is 1.43. The summed E-state index contributed by atoms with van der Waals surface area (Å²) in [4.78, 5) is 0. The Kier molecular flexibility index (Phi) is 4.42. The van der Waals surface area contributed by atoms with E-state index in [9.17, 15) is 4.39 Å². The summed E-state index contributed by atoms with van der Waals surface area (Å²) in [6.07, 6.45) is 1.29. The fraction of sp³-hybridized carbons (Fsp3) is 0.364. The summed E-state index contributed by atoms with van der Waals surface area (Å²) in [5.41, 5.74) is 0.797. The van der Waals surface area contributed by atoms with E-state index in [0.717, 1.165) is 12.1 Å². The minimum Gasteiger partial charge on any atom is -0.494 e. The lowest BCUT2D eigenvalue weighted by Gasteiger charge is -2.07. The fourth-order valence-electron chi connectivity index (χ4n) is 1.17. The van der Waals surface area contributed by atoms with Crippen LogP contribution in [0.5, 0.6) is 5.75 Å². The van der Waals surface area contributed by atoms with E-state index in [2.05, 4.69) is 11.4 Å². The minimum absolute atomic E-state index is 0.222. The lowest BCUT2D eigenvalue weighted by molar-refractivity contribution is 0.387. The predicted octanol–water partition coefficient (Wildman–Crippen LogP) is 2.55. The molecule has 1 rings (SSSR count). The standard InChI is InChI=1S/C11H13FN2O/c1-15-11-8-9(4-5-10(11)12)14-7-3-2-6-13/h4-5,8,14H,2-3,7H2,1H3. The molecule has 0 amide bonds. The molecule has 0 saturated carbocycles. The Morgan fingerprint density at radius 2 is 2.33 bits per heavy atom. The lowest BCUT2D eigenvalue weighted by Crippen LogP contribution is -2.01. The van der Waals surface area contributed by atoms with Gasteiger partial charge in [0.2, 0.25) is 0 Å². The second kappa shape index (κ2) is 5.86. The molecule has 0 fully saturated rings. The zero-order chi connectivity index (χ0) is 11.1. The van der Waals surface area contributed by atoms with E-state index in [0.29, 0.717) is 13.0 Å². The van der Waals surface area contributed by atoms with Gasteiger partial charge in [-0.3, -0.25) is 0 Å².